The summed E-state index contributed by atoms with van der Waals surface area (Å²) >= 11 is 0. The van der Waals surface area contributed by atoms with Crippen molar-refractivity contribution in [2.24, 2.45) is 5.41 Å². The Morgan fingerprint density at radius 1 is 1.60 bits per heavy atom. The maximum atomic E-state index is 12.2. The predicted molar refractivity (Wildman–Crippen MR) is 52.0 cm³/mol. The van der Waals surface area contributed by atoms with Crippen molar-refractivity contribution in [3.05, 3.63) is 0 Å². The van der Waals surface area contributed by atoms with Crippen LogP contribution in [0.1, 0.15) is 26.2 Å². The highest BCUT2D eigenvalue weighted by molar-refractivity contribution is 5.75. The van der Waals surface area contributed by atoms with Gasteiger partial charge in [-0.25, -0.2) is 8.78 Å². The minimum absolute atomic E-state index is 0.253. The average Bonchev–Trinajstić information content (AvgIpc) is 2.16. The van der Waals surface area contributed by atoms with Crippen LogP contribution in [0, 0.1) is 5.41 Å². The molecule has 0 aliphatic carbocycles. The number of carbonyl (C=O) groups is 1. The van der Waals surface area contributed by atoms with Crippen molar-refractivity contribution in [3.63, 3.8) is 0 Å². The van der Waals surface area contributed by atoms with E-state index in [0.717, 1.165) is 0 Å². The lowest BCUT2D eigenvalue weighted by atomic mass is 9.77. The minimum Gasteiger partial charge on any atom is -0.481 e. The molecular weight excluding hydrogens is 204 g/mol. The van der Waals surface area contributed by atoms with Gasteiger partial charge in [0.05, 0.1) is 12.0 Å². The maximum absolute atomic E-state index is 12.2. The second-order valence-corrected chi connectivity index (χ2v) is 4.17. The number of likely N-dealkylation sites (tertiary alicyclic amines) is 1. The van der Waals surface area contributed by atoms with Crippen LogP contribution in [0.5, 0.6) is 0 Å². The second kappa shape index (κ2) is 4.88. The zero-order chi connectivity index (χ0) is 11.5. The fourth-order valence-electron chi connectivity index (χ4n) is 2.19. The standard InChI is InChI=1S/C10H17F2NO2/c1-2-10(9(14)15)4-3-5-13(7-10)6-8(11)12/h8H,2-7H2,1H3,(H,14,15). The van der Waals surface area contributed by atoms with Crippen molar-refractivity contribution in [2.45, 2.75) is 32.6 Å². The van der Waals surface area contributed by atoms with Gasteiger partial charge >= 0.3 is 5.97 Å². The van der Waals surface area contributed by atoms with E-state index in [4.69, 9.17) is 5.11 Å². The molecule has 0 spiro atoms. The summed E-state index contributed by atoms with van der Waals surface area (Å²) in [6.07, 6.45) is -0.598. The van der Waals surface area contributed by atoms with E-state index in [1.54, 1.807) is 11.8 Å². The van der Waals surface area contributed by atoms with Gasteiger partial charge in [-0.15, -0.1) is 0 Å². The normalized spacial score (nSPS) is 28.3. The molecule has 1 fully saturated rings. The number of rotatable bonds is 4. The Morgan fingerprint density at radius 3 is 2.73 bits per heavy atom. The molecule has 5 heteroatoms. The van der Waals surface area contributed by atoms with Gasteiger partial charge in [-0.05, 0) is 25.8 Å². The molecule has 0 radical (unpaired) electrons. The molecule has 1 rings (SSSR count). The molecule has 1 heterocycles. The predicted octanol–water partition coefficient (Wildman–Crippen LogP) is 1.83. The SMILES string of the molecule is CCC1(C(=O)O)CCCN(CC(F)F)C1. The maximum Gasteiger partial charge on any atom is 0.310 e. The minimum atomic E-state index is -2.38. The van der Waals surface area contributed by atoms with Crippen LogP contribution in [-0.4, -0.2) is 42.0 Å². The van der Waals surface area contributed by atoms with E-state index < -0.39 is 17.8 Å². The molecule has 1 N–H and O–H groups in total. The molecule has 1 aliphatic heterocycles. The Balaban J connectivity index is 2.64. The second-order valence-electron chi connectivity index (χ2n) is 4.17. The first-order valence-corrected chi connectivity index (χ1v) is 5.24. The van der Waals surface area contributed by atoms with Crippen molar-refractivity contribution in [3.8, 4) is 0 Å². The van der Waals surface area contributed by atoms with Crippen LogP contribution in [-0.2, 0) is 4.79 Å². The van der Waals surface area contributed by atoms with Gasteiger partial charge in [0.25, 0.3) is 6.43 Å². The molecule has 3 nitrogen and oxygen atoms in total. The van der Waals surface area contributed by atoms with E-state index in [1.807, 2.05) is 0 Å². The smallest absolute Gasteiger partial charge is 0.310 e. The van der Waals surface area contributed by atoms with E-state index in [0.29, 0.717) is 25.8 Å². The molecule has 1 atom stereocenters. The summed E-state index contributed by atoms with van der Waals surface area (Å²) in [6, 6.07) is 0. The number of carboxylic acids is 1. The molecule has 0 amide bonds. The first kappa shape index (κ1) is 12.4. The summed E-state index contributed by atoms with van der Waals surface area (Å²) < 4.78 is 24.4. The Hall–Kier alpha value is -0.710. The fraction of sp³-hybridized carbons (Fsp3) is 0.900. The largest absolute Gasteiger partial charge is 0.481 e. The van der Waals surface area contributed by atoms with Crippen molar-refractivity contribution in [1.82, 2.24) is 4.90 Å². The third-order valence-corrected chi connectivity index (χ3v) is 3.18. The fourth-order valence-corrected chi connectivity index (χ4v) is 2.19. The van der Waals surface area contributed by atoms with Gasteiger partial charge in [0.1, 0.15) is 0 Å². The van der Waals surface area contributed by atoms with Crippen molar-refractivity contribution in [2.75, 3.05) is 19.6 Å². The van der Waals surface area contributed by atoms with Crippen LogP contribution in [0.2, 0.25) is 0 Å². The Morgan fingerprint density at radius 2 is 2.27 bits per heavy atom. The summed E-state index contributed by atoms with van der Waals surface area (Å²) in [6.45, 7) is 2.33. The van der Waals surface area contributed by atoms with E-state index in [2.05, 4.69) is 0 Å². The lowest BCUT2D eigenvalue weighted by Gasteiger charge is -2.39. The Labute approximate surface area is 88.1 Å². The van der Waals surface area contributed by atoms with Gasteiger partial charge in [0.15, 0.2) is 0 Å². The summed E-state index contributed by atoms with van der Waals surface area (Å²) in [5.74, 6) is -0.857. The van der Waals surface area contributed by atoms with E-state index in [-0.39, 0.29) is 13.1 Å². The topological polar surface area (TPSA) is 40.5 Å². The van der Waals surface area contributed by atoms with Crippen LogP contribution in [0.3, 0.4) is 0 Å². The summed E-state index contributed by atoms with van der Waals surface area (Å²) in [7, 11) is 0. The van der Waals surface area contributed by atoms with Gasteiger partial charge in [-0.3, -0.25) is 9.69 Å². The van der Waals surface area contributed by atoms with Crippen LogP contribution < -0.4 is 0 Å². The van der Waals surface area contributed by atoms with E-state index in [1.165, 1.54) is 0 Å². The Kier molecular flexibility index (Phi) is 4.02. The van der Waals surface area contributed by atoms with E-state index in [9.17, 15) is 13.6 Å². The molecule has 0 saturated carbocycles. The van der Waals surface area contributed by atoms with Crippen LogP contribution >= 0.6 is 0 Å². The molecule has 15 heavy (non-hydrogen) atoms. The first-order valence-electron chi connectivity index (χ1n) is 5.24. The molecule has 0 aromatic rings. The highest BCUT2D eigenvalue weighted by Crippen LogP contribution is 2.33. The molecule has 1 aliphatic rings. The molecule has 0 aromatic heterocycles. The van der Waals surface area contributed by atoms with Crippen molar-refractivity contribution in [1.29, 1.82) is 0 Å². The summed E-state index contributed by atoms with van der Waals surface area (Å²) in [4.78, 5) is 12.7. The monoisotopic (exact) mass is 221 g/mol. The van der Waals surface area contributed by atoms with Gasteiger partial charge < -0.3 is 5.11 Å². The molecular formula is C10H17F2NO2. The molecule has 88 valence electrons. The zero-order valence-corrected chi connectivity index (χ0v) is 8.88. The van der Waals surface area contributed by atoms with Crippen molar-refractivity contribution < 1.29 is 18.7 Å². The number of hydrogen-bond donors (Lipinski definition) is 1. The van der Waals surface area contributed by atoms with Gasteiger partial charge in [-0.1, -0.05) is 6.92 Å². The number of alkyl halides is 2. The number of piperidine rings is 1. The lowest BCUT2D eigenvalue weighted by molar-refractivity contribution is -0.153. The van der Waals surface area contributed by atoms with E-state index >= 15 is 0 Å². The number of hydrogen-bond acceptors (Lipinski definition) is 2. The van der Waals surface area contributed by atoms with Crippen LogP contribution in [0.4, 0.5) is 8.78 Å². The zero-order valence-electron chi connectivity index (χ0n) is 8.88. The third-order valence-electron chi connectivity index (χ3n) is 3.18. The number of aliphatic carboxylic acids is 1. The molecule has 1 unspecified atom stereocenters. The quantitative estimate of drug-likeness (QED) is 0.787. The van der Waals surface area contributed by atoms with Crippen molar-refractivity contribution >= 4 is 5.97 Å². The van der Waals surface area contributed by atoms with Gasteiger partial charge in [0.2, 0.25) is 0 Å². The molecule has 1 saturated heterocycles. The number of nitrogens with zero attached hydrogens (tertiary/aromatic N) is 1. The highest BCUT2D eigenvalue weighted by atomic mass is 19.3. The summed E-state index contributed by atoms with van der Waals surface area (Å²) in [5.41, 5.74) is -0.812. The van der Waals surface area contributed by atoms with Crippen LogP contribution in [0.25, 0.3) is 0 Å². The Bertz CT molecular complexity index is 235. The number of carboxylic acid groups (broad SMARTS) is 1. The average molecular weight is 221 g/mol. The number of halogens is 2. The first-order chi connectivity index (χ1) is 7.00. The van der Waals surface area contributed by atoms with Gasteiger partial charge in [-0.2, -0.15) is 0 Å². The highest BCUT2D eigenvalue weighted by Gasteiger charge is 2.41. The molecule has 0 bridgehead atoms. The summed E-state index contributed by atoms with van der Waals surface area (Å²) in [5, 5.41) is 9.13. The third kappa shape index (κ3) is 2.87. The van der Waals surface area contributed by atoms with Crippen LogP contribution in [0.15, 0.2) is 0 Å². The van der Waals surface area contributed by atoms with Gasteiger partial charge in [0, 0.05) is 6.54 Å². The molecule has 0 aromatic carbocycles. The lowest BCUT2D eigenvalue weighted by Crippen LogP contribution is -2.48.